The average Bonchev–Trinajstić information content (AvgIpc) is 3.21. The molecule has 0 spiro atoms. The van der Waals surface area contributed by atoms with E-state index in [1.165, 1.54) is 19.2 Å². The number of alkyl halides is 1. The minimum atomic E-state index is -1.48. The number of halogens is 3. The number of carbonyl (C=O) groups is 1. The molecule has 4 N–H and O–H groups in total. The first-order valence-corrected chi connectivity index (χ1v) is 10.7. The molecule has 1 aromatic carbocycles. The van der Waals surface area contributed by atoms with Crippen molar-refractivity contribution >= 4 is 33.8 Å². The number of nitrogen functional groups attached to an aromatic ring is 1. The van der Waals surface area contributed by atoms with Crippen LogP contribution in [0.3, 0.4) is 0 Å². The molecule has 8 nitrogen and oxygen atoms in total. The van der Waals surface area contributed by atoms with E-state index in [0.717, 1.165) is 23.5 Å². The summed E-state index contributed by atoms with van der Waals surface area (Å²) < 4.78 is 44.1. The summed E-state index contributed by atoms with van der Waals surface area (Å²) in [6.07, 6.45) is 1.72. The number of thiazole rings is 1. The van der Waals surface area contributed by atoms with E-state index in [4.69, 9.17) is 5.73 Å². The van der Waals surface area contributed by atoms with Gasteiger partial charge < -0.3 is 16.0 Å². The van der Waals surface area contributed by atoms with Crippen molar-refractivity contribution in [2.24, 2.45) is 7.05 Å². The first kappa shape index (κ1) is 22.1. The number of rotatable bonds is 4. The zero-order chi connectivity index (χ0) is 23.0. The molecule has 0 saturated carbocycles. The van der Waals surface area contributed by atoms with Crippen LogP contribution < -0.4 is 21.3 Å². The molecule has 170 valence electrons. The number of aromatic nitrogens is 3. The standard InChI is InChI=1S/C20H22F3N7OS/c1-20(23)6-8-30(9-7-25-20)19-13(10-26-29(19)2)27-17(31)15-16(24)32-18(28-15)14-11(21)4-3-5-12(14)22/h3-5,10,25H,6-9,24H2,1-2H3,(H,27,31)/t20-/m1/s1. The van der Waals surface area contributed by atoms with Crippen LogP contribution in [0.5, 0.6) is 0 Å². The van der Waals surface area contributed by atoms with Crippen LogP contribution in [0.15, 0.2) is 24.4 Å². The number of carbonyl (C=O) groups excluding carboxylic acids is 1. The van der Waals surface area contributed by atoms with Crippen LogP contribution in [-0.4, -0.2) is 46.1 Å². The molecule has 1 aliphatic rings. The van der Waals surface area contributed by atoms with Gasteiger partial charge in [0.25, 0.3) is 5.91 Å². The Hall–Kier alpha value is -3.12. The quantitative estimate of drug-likeness (QED) is 0.512. The van der Waals surface area contributed by atoms with Gasteiger partial charge in [-0.25, -0.2) is 18.2 Å². The smallest absolute Gasteiger partial charge is 0.277 e. The molecule has 0 unspecified atom stereocenters. The largest absolute Gasteiger partial charge is 0.389 e. The Kier molecular flexibility index (Phi) is 5.82. The monoisotopic (exact) mass is 465 g/mol. The summed E-state index contributed by atoms with van der Waals surface area (Å²) >= 11 is 0.819. The van der Waals surface area contributed by atoms with Crippen LogP contribution >= 0.6 is 11.3 Å². The van der Waals surface area contributed by atoms with Gasteiger partial charge in [0.1, 0.15) is 27.3 Å². The van der Waals surface area contributed by atoms with E-state index in [-0.39, 0.29) is 27.7 Å². The fourth-order valence-electron chi connectivity index (χ4n) is 3.59. The predicted octanol–water partition coefficient (Wildman–Crippen LogP) is 3.14. The molecular weight excluding hydrogens is 443 g/mol. The van der Waals surface area contributed by atoms with Gasteiger partial charge in [0.15, 0.2) is 17.3 Å². The van der Waals surface area contributed by atoms with Crippen LogP contribution in [0.2, 0.25) is 0 Å². The lowest BCUT2D eigenvalue weighted by atomic mass is 10.2. The van der Waals surface area contributed by atoms with Gasteiger partial charge in [-0.15, -0.1) is 0 Å². The average molecular weight is 466 g/mol. The van der Waals surface area contributed by atoms with E-state index in [1.807, 2.05) is 4.90 Å². The molecule has 4 rings (SSSR count). The van der Waals surface area contributed by atoms with Crippen molar-refractivity contribution in [3.8, 4) is 10.6 Å². The second-order valence-electron chi connectivity index (χ2n) is 7.65. The number of hydrogen-bond acceptors (Lipinski definition) is 7. The predicted molar refractivity (Wildman–Crippen MR) is 117 cm³/mol. The molecule has 32 heavy (non-hydrogen) atoms. The summed E-state index contributed by atoms with van der Waals surface area (Å²) in [6, 6.07) is 3.46. The van der Waals surface area contributed by atoms with E-state index in [2.05, 4.69) is 20.7 Å². The fraction of sp³-hybridized carbons (Fsp3) is 0.350. The van der Waals surface area contributed by atoms with Gasteiger partial charge in [0, 0.05) is 33.1 Å². The lowest BCUT2D eigenvalue weighted by Crippen LogP contribution is -2.37. The SMILES string of the molecule is Cn1ncc(NC(=O)c2nc(-c3c(F)cccc3F)sc2N)c1N1CCN[C@@](C)(F)CC1. The van der Waals surface area contributed by atoms with Crippen molar-refractivity contribution in [2.45, 2.75) is 19.1 Å². The summed E-state index contributed by atoms with van der Waals surface area (Å²) in [7, 11) is 1.72. The van der Waals surface area contributed by atoms with Crippen LogP contribution in [-0.2, 0) is 7.05 Å². The summed E-state index contributed by atoms with van der Waals surface area (Å²) in [5, 5.41) is 9.76. The number of nitrogens with one attached hydrogen (secondary N) is 2. The maximum absolute atomic E-state index is 14.3. The molecule has 1 atom stereocenters. The van der Waals surface area contributed by atoms with Crippen molar-refractivity contribution in [2.75, 3.05) is 35.6 Å². The highest BCUT2D eigenvalue weighted by Crippen LogP contribution is 2.34. The lowest BCUT2D eigenvalue weighted by molar-refractivity contribution is 0.102. The molecule has 1 fully saturated rings. The third-order valence-electron chi connectivity index (χ3n) is 5.23. The Morgan fingerprint density at radius 2 is 2.03 bits per heavy atom. The molecule has 3 heterocycles. The van der Waals surface area contributed by atoms with Crippen molar-refractivity contribution < 1.29 is 18.0 Å². The molecule has 1 saturated heterocycles. The molecule has 3 aromatic rings. The number of amides is 1. The number of anilines is 3. The van der Waals surface area contributed by atoms with Gasteiger partial charge in [-0.2, -0.15) is 5.10 Å². The van der Waals surface area contributed by atoms with Crippen LogP contribution in [0.25, 0.3) is 10.6 Å². The zero-order valence-electron chi connectivity index (χ0n) is 17.5. The van der Waals surface area contributed by atoms with Crippen LogP contribution in [0.4, 0.5) is 29.7 Å². The zero-order valence-corrected chi connectivity index (χ0v) is 18.3. The summed E-state index contributed by atoms with van der Waals surface area (Å²) in [5.74, 6) is -3.11. The van der Waals surface area contributed by atoms with E-state index < -0.39 is 23.3 Å². The van der Waals surface area contributed by atoms with Crippen molar-refractivity contribution in [3.05, 3.63) is 41.7 Å². The highest BCUT2D eigenvalue weighted by Gasteiger charge is 2.29. The highest BCUT2D eigenvalue weighted by molar-refractivity contribution is 7.19. The number of nitrogens with zero attached hydrogens (tertiary/aromatic N) is 4. The molecule has 0 bridgehead atoms. The second kappa shape index (κ2) is 8.43. The summed E-state index contributed by atoms with van der Waals surface area (Å²) in [4.78, 5) is 18.9. The Balaban J connectivity index is 1.59. The van der Waals surface area contributed by atoms with E-state index in [1.54, 1.807) is 11.7 Å². The Morgan fingerprint density at radius 1 is 1.31 bits per heavy atom. The maximum Gasteiger partial charge on any atom is 0.277 e. The van der Waals surface area contributed by atoms with E-state index in [9.17, 15) is 18.0 Å². The number of aryl methyl sites for hydroxylation is 1. The van der Waals surface area contributed by atoms with E-state index >= 15 is 0 Å². The Bertz CT molecular complexity index is 1140. The maximum atomic E-state index is 14.3. The van der Waals surface area contributed by atoms with Gasteiger partial charge in [-0.3, -0.25) is 14.8 Å². The molecule has 0 aliphatic carbocycles. The third-order valence-corrected chi connectivity index (χ3v) is 6.13. The first-order valence-electron chi connectivity index (χ1n) is 9.89. The first-order chi connectivity index (χ1) is 15.2. The molecule has 1 amide bonds. The van der Waals surface area contributed by atoms with E-state index in [0.29, 0.717) is 31.1 Å². The van der Waals surface area contributed by atoms with Gasteiger partial charge >= 0.3 is 0 Å². The normalized spacial score (nSPS) is 19.1. The number of hydrogen-bond donors (Lipinski definition) is 3. The molecule has 1 aliphatic heterocycles. The van der Waals surface area contributed by atoms with Crippen LogP contribution in [0.1, 0.15) is 23.8 Å². The molecular formula is C20H22F3N7OS. The Labute approximate surface area is 186 Å². The molecule has 12 heteroatoms. The van der Waals surface area contributed by atoms with Gasteiger partial charge in [0.05, 0.1) is 11.8 Å². The minimum Gasteiger partial charge on any atom is -0.389 e. The Morgan fingerprint density at radius 3 is 2.75 bits per heavy atom. The van der Waals surface area contributed by atoms with Gasteiger partial charge in [-0.05, 0) is 19.1 Å². The van der Waals surface area contributed by atoms with Crippen molar-refractivity contribution in [1.29, 1.82) is 0 Å². The van der Waals surface area contributed by atoms with Gasteiger partial charge in [0.2, 0.25) is 0 Å². The molecule has 2 aromatic heterocycles. The summed E-state index contributed by atoms with van der Waals surface area (Å²) in [5.41, 5.74) is 5.85. The topological polar surface area (TPSA) is 101 Å². The molecule has 0 radical (unpaired) electrons. The summed E-state index contributed by atoms with van der Waals surface area (Å²) in [6.45, 7) is 2.83. The van der Waals surface area contributed by atoms with Crippen molar-refractivity contribution in [1.82, 2.24) is 20.1 Å². The fourth-order valence-corrected chi connectivity index (χ4v) is 4.47. The van der Waals surface area contributed by atoms with Crippen LogP contribution in [0, 0.1) is 11.6 Å². The third kappa shape index (κ3) is 4.28. The lowest BCUT2D eigenvalue weighted by Gasteiger charge is -2.24. The second-order valence-corrected chi connectivity index (χ2v) is 8.68. The number of benzene rings is 1. The highest BCUT2D eigenvalue weighted by atomic mass is 32.1. The number of nitrogens with two attached hydrogens (primary N) is 1. The van der Waals surface area contributed by atoms with Crippen molar-refractivity contribution in [3.63, 3.8) is 0 Å². The minimum absolute atomic E-state index is 0.0257. The van der Waals surface area contributed by atoms with Gasteiger partial charge in [-0.1, -0.05) is 17.4 Å².